The first-order chi connectivity index (χ1) is 13.4. The van der Waals surface area contributed by atoms with E-state index >= 15 is 0 Å². The summed E-state index contributed by atoms with van der Waals surface area (Å²) in [7, 11) is 0. The number of carbonyl (C=O) groups excluding carboxylic acids is 2. The number of hydrogen-bond acceptors (Lipinski definition) is 6. The van der Waals surface area contributed by atoms with Gasteiger partial charge in [0, 0.05) is 17.3 Å². The lowest BCUT2D eigenvalue weighted by Crippen LogP contribution is -2.32. The summed E-state index contributed by atoms with van der Waals surface area (Å²) in [5.74, 6) is 0.461. The lowest BCUT2D eigenvalue weighted by Gasteiger charge is -2.16. The van der Waals surface area contributed by atoms with E-state index in [9.17, 15) is 14.7 Å². The smallest absolute Gasteiger partial charge is 0.332 e. The molecule has 1 aliphatic rings. The van der Waals surface area contributed by atoms with Gasteiger partial charge in [-0.25, -0.2) is 9.69 Å². The molecule has 0 aliphatic carbocycles. The summed E-state index contributed by atoms with van der Waals surface area (Å²) in [6.45, 7) is 4.20. The number of amides is 3. The minimum atomic E-state index is -0.440. The molecule has 0 atom stereocenters. The van der Waals surface area contributed by atoms with Crippen LogP contribution in [0.15, 0.2) is 41.2 Å². The van der Waals surface area contributed by atoms with Crippen LogP contribution >= 0.6 is 0 Å². The monoisotopic (exact) mass is 381 g/mol. The fourth-order valence-electron chi connectivity index (χ4n) is 3.22. The molecule has 1 fully saturated rings. The molecule has 3 amide bonds. The highest BCUT2D eigenvalue weighted by molar-refractivity contribution is 6.19. The first kappa shape index (κ1) is 17.8. The molecule has 3 heterocycles. The molecular formula is C19H19N5O4. The Morgan fingerprint density at radius 1 is 1.18 bits per heavy atom. The molecule has 1 aliphatic heterocycles. The second-order valence-corrected chi connectivity index (χ2v) is 6.70. The number of aryl methyl sites for hydroxylation is 2. The van der Waals surface area contributed by atoms with Gasteiger partial charge < -0.3 is 14.5 Å². The van der Waals surface area contributed by atoms with Crippen LogP contribution < -0.4 is 4.90 Å². The summed E-state index contributed by atoms with van der Waals surface area (Å²) in [4.78, 5) is 27.7. The number of carbonyl (C=O) groups is 2. The zero-order valence-corrected chi connectivity index (χ0v) is 15.5. The molecule has 144 valence electrons. The average molecular weight is 381 g/mol. The lowest BCUT2D eigenvalue weighted by atomic mass is 10.2. The number of phenolic OH excluding ortho intramolecular Hbond substituents is 1. The van der Waals surface area contributed by atoms with Gasteiger partial charge in [0.1, 0.15) is 18.1 Å². The zero-order valence-electron chi connectivity index (χ0n) is 15.5. The Morgan fingerprint density at radius 3 is 2.68 bits per heavy atom. The highest BCUT2D eigenvalue weighted by Gasteiger charge is 2.38. The SMILES string of the molecule is Cc1noc(C)c1Cn1cc(N2C(=O)CN(Cc3ccccc3O)C2=O)cn1. The Morgan fingerprint density at radius 2 is 1.96 bits per heavy atom. The van der Waals surface area contributed by atoms with E-state index in [0.29, 0.717) is 23.6 Å². The lowest BCUT2D eigenvalue weighted by molar-refractivity contribution is -0.116. The first-order valence-electron chi connectivity index (χ1n) is 8.77. The van der Waals surface area contributed by atoms with Crippen molar-refractivity contribution in [3.05, 3.63) is 59.2 Å². The molecule has 2 aromatic heterocycles. The van der Waals surface area contributed by atoms with E-state index < -0.39 is 6.03 Å². The van der Waals surface area contributed by atoms with E-state index in [1.165, 1.54) is 11.1 Å². The van der Waals surface area contributed by atoms with E-state index in [1.54, 1.807) is 35.1 Å². The summed E-state index contributed by atoms with van der Waals surface area (Å²) >= 11 is 0. The van der Waals surface area contributed by atoms with Crippen molar-refractivity contribution in [1.82, 2.24) is 19.8 Å². The number of benzene rings is 1. The standard InChI is InChI=1S/C19H19N5O4/c1-12-16(13(2)28-21-12)10-23-9-15(7-20-23)24-18(26)11-22(19(24)27)8-14-5-3-4-6-17(14)25/h3-7,9,25H,8,10-11H2,1-2H3. The van der Waals surface area contributed by atoms with Crippen LogP contribution in [0.3, 0.4) is 0 Å². The van der Waals surface area contributed by atoms with Gasteiger partial charge >= 0.3 is 6.03 Å². The Hall–Kier alpha value is -3.62. The number of para-hydroxylation sites is 1. The van der Waals surface area contributed by atoms with E-state index in [2.05, 4.69) is 10.3 Å². The summed E-state index contributed by atoms with van der Waals surface area (Å²) in [5.41, 5.74) is 2.67. The Bertz CT molecular complexity index is 1030. The molecule has 0 bridgehead atoms. The van der Waals surface area contributed by atoms with Gasteiger partial charge in [-0.05, 0) is 19.9 Å². The van der Waals surface area contributed by atoms with Crippen molar-refractivity contribution >= 4 is 17.6 Å². The molecule has 0 unspecified atom stereocenters. The van der Waals surface area contributed by atoms with Crippen LogP contribution in [0.2, 0.25) is 0 Å². The Labute approximate surface area is 160 Å². The molecule has 4 rings (SSSR count). The van der Waals surface area contributed by atoms with Crippen molar-refractivity contribution in [3.63, 3.8) is 0 Å². The molecule has 1 N–H and O–H groups in total. The van der Waals surface area contributed by atoms with Gasteiger partial charge in [-0.3, -0.25) is 9.48 Å². The van der Waals surface area contributed by atoms with E-state index in [1.807, 2.05) is 13.8 Å². The van der Waals surface area contributed by atoms with Crippen LogP contribution in [0.5, 0.6) is 5.75 Å². The van der Waals surface area contributed by atoms with E-state index in [4.69, 9.17) is 4.52 Å². The third-order valence-electron chi connectivity index (χ3n) is 4.77. The fourth-order valence-corrected chi connectivity index (χ4v) is 3.22. The number of imide groups is 1. The molecule has 3 aromatic rings. The van der Waals surface area contributed by atoms with Crippen LogP contribution in [0.4, 0.5) is 10.5 Å². The molecule has 28 heavy (non-hydrogen) atoms. The molecule has 0 radical (unpaired) electrons. The predicted octanol–water partition coefficient (Wildman–Crippen LogP) is 2.21. The number of aromatic hydroxyl groups is 1. The predicted molar refractivity (Wildman–Crippen MR) is 98.7 cm³/mol. The number of rotatable bonds is 5. The summed E-state index contributed by atoms with van der Waals surface area (Å²) < 4.78 is 6.78. The highest BCUT2D eigenvalue weighted by atomic mass is 16.5. The third kappa shape index (κ3) is 3.11. The molecule has 0 spiro atoms. The topological polar surface area (TPSA) is 105 Å². The molecule has 1 saturated heterocycles. The zero-order chi connectivity index (χ0) is 19.8. The number of aromatic nitrogens is 3. The average Bonchev–Trinajstić information content (AvgIpc) is 3.32. The van der Waals surface area contributed by atoms with Crippen LogP contribution in [0.1, 0.15) is 22.6 Å². The third-order valence-corrected chi connectivity index (χ3v) is 4.77. The maximum atomic E-state index is 12.8. The Balaban J connectivity index is 1.52. The van der Waals surface area contributed by atoms with Crippen molar-refractivity contribution in [3.8, 4) is 5.75 Å². The molecule has 0 saturated carbocycles. The molecule has 9 nitrogen and oxygen atoms in total. The van der Waals surface area contributed by atoms with E-state index in [0.717, 1.165) is 16.2 Å². The van der Waals surface area contributed by atoms with Crippen molar-refractivity contribution in [2.75, 3.05) is 11.4 Å². The van der Waals surface area contributed by atoms with Gasteiger partial charge in [0.2, 0.25) is 0 Å². The van der Waals surface area contributed by atoms with Crippen LogP contribution in [-0.2, 0) is 17.9 Å². The maximum Gasteiger partial charge on any atom is 0.332 e. The molecule has 9 heteroatoms. The summed E-state index contributed by atoms with van der Waals surface area (Å²) in [6.07, 6.45) is 3.13. The number of anilines is 1. The van der Waals surface area contributed by atoms with Crippen molar-refractivity contribution < 1.29 is 19.2 Å². The van der Waals surface area contributed by atoms with Crippen LogP contribution in [0.25, 0.3) is 0 Å². The van der Waals surface area contributed by atoms with Crippen molar-refractivity contribution in [2.24, 2.45) is 0 Å². The van der Waals surface area contributed by atoms with E-state index in [-0.39, 0.29) is 24.7 Å². The summed E-state index contributed by atoms with van der Waals surface area (Å²) in [6, 6.07) is 6.31. The normalized spacial score (nSPS) is 14.4. The number of phenols is 1. The number of urea groups is 1. The summed E-state index contributed by atoms with van der Waals surface area (Å²) in [5, 5.41) is 18.1. The number of hydrogen-bond donors (Lipinski definition) is 1. The van der Waals surface area contributed by atoms with Crippen molar-refractivity contribution in [2.45, 2.75) is 26.9 Å². The largest absolute Gasteiger partial charge is 0.508 e. The highest BCUT2D eigenvalue weighted by Crippen LogP contribution is 2.25. The Kier molecular flexibility index (Phi) is 4.34. The first-order valence-corrected chi connectivity index (χ1v) is 8.77. The molecule has 1 aromatic carbocycles. The van der Waals surface area contributed by atoms with Crippen molar-refractivity contribution in [1.29, 1.82) is 0 Å². The molecular weight excluding hydrogens is 362 g/mol. The maximum absolute atomic E-state index is 12.8. The number of nitrogens with zero attached hydrogens (tertiary/aromatic N) is 5. The quantitative estimate of drug-likeness (QED) is 0.680. The fraction of sp³-hybridized carbons (Fsp3) is 0.263. The van der Waals surface area contributed by atoms with Gasteiger partial charge in [-0.15, -0.1) is 0 Å². The van der Waals surface area contributed by atoms with Gasteiger partial charge in [0.15, 0.2) is 0 Å². The van der Waals surface area contributed by atoms with Gasteiger partial charge in [0.05, 0.1) is 30.7 Å². The van der Waals surface area contributed by atoms with Gasteiger partial charge in [-0.1, -0.05) is 23.4 Å². The van der Waals surface area contributed by atoms with Gasteiger partial charge in [0.25, 0.3) is 5.91 Å². The second-order valence-electron chi connectivity index (χ2n) is 6.70. The second kappa shape index (κ2) is 6.84. The minimum absolute atomic E-state index is 0.0534. The van der Waals surface area contributed by atoms with Crippen LogP contribution in [-0.4, -0.2) is 43.4 Å². The van der Waals surface area contributed by atoms with Gasteiger partial charge in [-0.2, -0.15) is 5.10 Å². The van der Waals surface area contributed by atoms with Crippen LogP contribution in [0, 0.1) is 13.8 Å². The minimum Gasteiger partial charge on any atom is -0.508 e.